The molecule has 3 atom stereocenters. The Morgan fingerprint density at radius 3 is 2.50 bits per heavy atom. The SMILES string of the molecule is CCCC1CCC(I)C1C. The van der Waals surface area contributed by atoms with Crippen molar-refractivity contribution in [1.82, 2.24) is 0 Å². The average Bonchev–Trinajstić information content (AvgIpc) is 2.20. The molecule has 1 heteroatoms. The molecule has 10 heavy (non-hydrogen) atoms. The third-order valence-corrected chi connectivity index (χ3v) is 4.54. The van der Waals surface area contributed by atoms with E-state index in [2.05, 4.69) is 36.4 Å². The fourth-order valence-corrected chi connectivity index (χ4v) is 2.92. The molecule has 0 spiro atoms. The van der Waals surface area contributed by atoms with E-state index in [4.69, 9.17) is 0 Å². The van der Waals surface area contributed by atoms with Crippen LogP contribution in [0.5, 0.6) is 0 Å². The third-order valence-electron chi connectivity index (χ3n) is 2.79. The molecule has 1 rings (SSSR count). The molecule has 1 aliphatic carbocycles. The molecule has 0 aromatic heterocycles. The van der Waals surface area contributed by atoms with Gasteiger partial charge in [-0.05, 0) is 24.7 Å². The summed E-state index contributed by atoms with van der Waals surface area (Å²) in [6.45, 7) is 4.72. The fourth-order valence-electron chi connectivity index (χ4n) is 1.97. The Hall–Kier alpha value is 0.730. The first-order valence-corrected chi connectivity index (χ1v) is 5.64. The van der Waals surface area contributed by atoms with E-state index >= 15 is 0 Å². The largest absolute Gasteiger partial charge is 0.0823 e. The second-order valence-corrected chi connectivity index (χ2v) is 5.10. The molecule has 0 saturated heterocycles. The standard InChI is InChI=1S/C9H17I/c1-3-4-8-5-6-9(10)7(8)2/h7-9H,3-6H2,1-2H3. The van der Waals surface area contributed by atoms with Gasteiger partial charge < -0.3 is 0 Å². The minimum absolute atomic E-state index is 0.967. The number of halogens is 1. The van der Waals surface area contributed by atoms with Gasteiger partial charge in [0.25, 0.3) is 0 Å². The van der Waals surface area contributed by atoms with Gasteiger partial charge in [-0.25, -0.2) is 0 Å². The smallest absolute Gasteiger partial charge is 0.0138 e. The monoisotopic (exact) mass is 252 g/mol. The highest BCUT2D eigenvalue weighted by molar-refractivity contribution is 14.1. The summed E-state index contributed by atoms with van der Waals surface area (Å²) >= 11 is 2.61. The summed E-state index contributed by atoms with van der Waals surface area (Å²) in [5.41, 5.74) is 0. The summed E-state index contributed by atoms with van der Waals surface area (Å²) in [4.78, 5) is 0. The topological polar surface area (TPSA) is 0 Å². The predicted octanol–water partition coefficient (Wildman–Crippen LogP) is 3.64. The van der Waals surface area contributed by atoms with Crippen LogP contribution in [0.4, 0.5) is 0 Å². The van der Waals surface area contributed by atoms with E-state index in [1.54, 1.807) is 0 Å². The van der Waals surface area contributed by atoms with Crippen LogP contribution in [0.3, 0.4) is 0 Å². The Morgan fingerprint density at radius 1 is 1.40 bits per heavy atom. The fraction of sp³-hybridized carbons (Fsp3) is 1.00. The minimum atomic E-state index is 0.967. The number of rotatable bonds is 2. The Labute approximate surface area is 77.9 Å². The average molecular weight is 252 g/mol. The maximum absolute atomic E-state index is 2.61. The molecule has 3 unspecified atom stereocenters. The summed E-state index contributed by atoms with van der Waals surface area (Å²) in [5.74, 6) is 2.03. The molecule has 1 saturated carbocycles. The van der Waals surface area contributed by atoms with E-state index in [-0.39, 0.29) is 0 Å². The van der Waals surface area contributed by atoms with Gasteiger partial charge in [-0.15, -0.1) is 0 Å². The van der Waals surface area contributed by atoms with Gasteiger partial charge >= 0.3 is 0 Å². The zero-order valence-electron chi connectivity index (χ0n) is 6.94. The summed E-state index contributed by atoms with van der Waals surface area (Å²) in [7, 11) is 0. The van der Waals surface area contributed by atoms with E-state index < -0.39 is 0 Å². The Balaban J connectivity index is 2.33. The molecule has 0 aliphatic heterocycles. The lowest BCUT2D eigenvalue weighted by Gasteiger charge is -2.15. The van der Waals surface area contributed by atoms with E-state index in [0.29, 0.717) is 0 Å². The van der Waals surface area contributed by atoms with Crippen molar-refractivity contribution in [3.05, 3.63) is 0 Å². The first kappa shape index (κ1) is 8.82. The van der Waals surface area contributed by atoms with Crippen LogP contribution in [0.2, 0.25) is 0 Å². The van der Waals surface area contributed by atoms with Crippen LogP contribution in [0, 0.1) is 11.8 Å². The first-order chi connectivity index (χ1) is 4.75. The van der Waals surface area contributed by atoms with Gasteiger partial charge in [0.1, 0.15) is 0 Å². The van der Waals surface area contributed by atoms with Crippen LogP contribution >= 0.6 is 22.6 Å². The first-order valence-electron chi connectivity index (χ1n) is 4.39. The highest BCUT2D eigenvalue weighted by Crippen LogP contribution is 2.38. The summed E-state index contributed by atoms with van der Waals surface area (Å²) in [6, 6.07) is 0. The van der Waals surface area contributed by atoms with Gasteiger partial charge in [0.2, 0.25) is 0 Å². The van der Waals surface area contributed by atoms with E-state index in [0.717, 1.165) is 15.8 Å². The minimum Gasteiger partial charge on any atom is -0.0823 e. The second kappa shape index (κ2) is 3.93. The summed E-state index contributed by atoms with van der Waals surface area (Å²) < 4.78 is 0.967. The lowest BCUT2D eigenvalue weighted by Crippen LogP contribution is -2.09. The van der Waals surface area contributed by atoms with Crippen LogP contribution in [0.15, 0.2) is 0 Å². The predicted molar refractivity (Wildman–Crippen MR) is 54.6 cm³/mol. The second-order valence-electron chi connectivity index (χ2n) is 3.50. The van der Waals surface area contributed by atoms with Crippen molar-refractivity contribution >= 4 is 22.6 Å². The van der Waals surface area contributed by atoms with Gasteiger partial charge in [-0.1, -0.05) is 49.3 Å². The maximum Gasteiger partial charge on any atom is 0.0138 e. The van der Waals surface area contributed by atoms with Gasteiger partial charge in [0, 0.05) is 3.92 Å². The molecule has 0 aromatic carbocycles. The van der Waals surface area contributed by atoms with Crippen molar-refractivity contribution in [1.29, 1.82) is 0 Å². The van der Waals surface area contributed by atoms with Crippen molar-refractivity contribution in [3.8, 4) is 0 Å². The lowest BCUT2D eigenvalue weighted by molar-refractivity contribution is 0.395. The van der Waals surface area contributed by atoms with Crippen molar-refractivity contribution < 1.29 is 0 Å². The van der Waals surface area contributed by atoms with Crippen molar-refractivity contribution in [2.24, 2.45) is 11.8 Å². The maximum atomic E-state index is 2.61. The van der Waals surface area contributed by atoms with Crippen molar-refractivity contribution in [2.45, 2.75) is 43.5 Å². The molecule has 0 amide bonds. The number of hydrogen-bond acceptors (Lipinski definition) is 0. The molecule has 60 valence electrons. The highest BCUT2D eigenvalue weighted by Gasteiger charge is 2.29. The Kier molecular flexibility index (Phi) is 3.47. The van der Waals surface area contributed by atoms with Crippen molar-refractivity contribution in [2.75, 3.05) is 0 Å². The Bertz CT molecular complexity index is 98.9. The zero-order chi connectivity index (χ0) is 7.56. The molecule has 0 N–H and O–H groups in total. The normalized spacial score (nSPS) is 40.5. The number of hydrogen-bond donors (Lipinski definition) is 0. The van der Waals surface area contributed by atoms with Gasteiger partial charge in [-0.3, -0.25) is 0 Å². The zero-order valence-corrected chi connectivity index (χ0v) is 9.10. The van der Waals surface area contributed by atoms with Crippen LogP contribution in [-0.4, -0.2) is 3.92 Å². The summed E-state index contributed by atoms with van der Waals surface area (Å²) in [5, 5.41) is 0. The van der Waals surface area contributed by atoms with Crippen LogP contribution in [0.25, 0.3) is 0 Å². The van der Waals surface area contributed by atoms with Crippen LogP contribution in [-0.2, 0) is 0 Å². The molecule has 0 nitrogen and oxygen atoms in total. The van der Waals surface area contributed by atoms with Gasteiger partial charge in [0.05, 0.1) is 0 Å². The van der Waals surface area contributed by atoms with E-state index in [1.165, 1.54) is 25.7 Å². The van der Waals surface area contributed by atoms with E-state index in [9.17, 15) is 0 Å². The lowest BCUT2D eigenvalue weighted by atomic mass is 9.94. The quantitative estimate of drug-likeness (QED) is 0.520. The van der Waals surface area contributed by atoms with Crippen molar-refractivity contribution in [3.63, 3.8) is 0 Å². The van der Waals surface area contributed by atoms with Crippen LogP contribution in [0.1, 0.15) is 39.5 Å². The molecule has 1 aliphatic rings. The van der Waals surface area contributed by atoms with Gasteiger partial charge in [-0.2, -0.15) is 0 Å². The van der Waals surface area contributed by atoms with E-state index in [1.807, 2.05) is 0 Å². The molecule has 0 radical (unpaired) electrons. The molecule has 1 fully saturated rings. The summed E-state index contributed by atoms with van der Waals surface area (Å²) in [6.07, 6.45) is 5.79. The molecular formula is C9H17I. The molecule has 0 bridgehead atoms. The third kappa shape index (κ3) is 1.86. The van der Waals surface area contributed by atoms with Crippen LogP contribution < -0.4 is 0 Å². The van der Waals surface area contributed by atoms with Gasteiger partial charge in [0.15, 0.2) is 0 Å². The molecule has 0 aromatic rings. The molecule has 0 heterocycles. The Morgan fingerprint density at radius 2 is 2.10 bits per heavy atom. The highest BCUT2D eigenvalue weighted by atomic mass is 127. The number of alkyl halides is 1. The molecular weight excluding hydrogens is 235 g/mol.